The van der Waals surface area contributed by atoms with Crippen LogP contribution in [0.3, 0.4) is 0 Å². The number of carbonyl (C=O) groups excluding carboxylic acids is 1. The Kier molecular flexibility index (Phi) is 4.20. The number of benzene rings is 1. The minimum Gasteiger partial charge on any atom is -0.328 e. The van der Waals surface area contributed by atoms with E-state index in [2.05, 4.69) is 5.92 Å². The van der Waals surface area contributed by atoms with E-state index in [0.717, 1.165) is 0 Å². The smallest absolute Gasteiger partial charge is 0.254 e. The van der Waals surface area contributed by atoms with E-state index in [1.165, 1.54) is 0 Å². The second-order valence-electron chi connectivity index (χ2n) is 3.03. The molecule has 3 heteroatoms. The molecule has 2 nitrogen and oxygen atoms in total. The van der Waals surface area contributed by atoms with Crippen molar-refractivity contribution >= 4 is 17.5 Å². The van der Waals surface area contributed by atoms with Gasteiger partial charge in [0.25, 0.3) is 5.91 Å². The number of terminal acetylenes is 1. The molecule has 0 radical (unpaired) electrons. The Bertz CT molecular complexity index is 378. The number of carbonyl (C=O) groups is 1. The van der Waals surface area contributed by atoms with Gasteiger partial charge in [0, 0.05) is 17.1 Å². The van der Waals surface area contributed by atoms with Crippen LogP contribution in [0.4, 0.5) is 0 Å². The van der Waals surface area contributed by atoms with Crippen molar-refractivity contribution in [3.63, 3.8) is 0 Å². The second-order valence-corrected chi connectivity index (χ2v) is 3.47. The quantitative estimate of drug-likeness (QED) is 0.718. The van der Waals surface area contributed by atoms with Crippen molar-refractivity contribution in [2.45, 2.75) is 6.92 Å². The first-order valence-corrected chi connectivity index (χ1v) is 5.05. The van der Waals surface area contributed by atoms with Gasteiger partial charge in [0.2, 0.25) is 0 Å². The molecule has 15 heavy (non-hydrogen) atoms. The molecule has 1 aromatic rings. The van der Waals surface area contributed by atoms with Gasteiger partial charge in [-0.05, 0) is 31.2 Å². The predicted molar refractivity (Wildman–Crippen MR) is 61.9 cm³/mol. The zero-order chi connectivity index (χ0) is 11.3. The topological polar surface area (TPSA) is 20.3 Å². The lowest BCUT2D eigenvalue weighted by molar-refractivity contribution is 0.0785. The molecule has 0 aliphatic rings. The molecule has 0 aromatic heterocycles. The van der Waals surface area contributed by atoms with E-state index in [-0.39, 0.29) is 5.91 Å². The second kappa shape index (κ2) is 5.43. The highest BCUT2D eigenvalue weighted by molar-refractivity contribution is 6.30. The number of hydrogen-bond acceptors (Lipinski definition) is 1. The molecule has 78 valence electrons. The number of amides is 1. The Morgan fingerprint density at radius 2 is 2.07 bits per heavy atom. The number of rotatable bonds is 3. The van der Waals surface area contributed by atoms with Gasteiger partial charge in [-0.2, -0.15) is 0 Å². The molecular formula is C12H12ClNO. The normalized spacial score (nSPS) is 9.40. The van der Waals surface area contributed by atoms with Crippen molar-refractivity contribution in [3.8, 4) is 12.3 Å². The van der Waals surface area contributed by atoms with E-state index in [4.69, 9.17) is 18.0 Å². The summed E-state index contributed by atoms with van der Waals surface area (Å²) in [6, 6.07) is 6.78. The lowest BCUT2D eigenvalue weighted by Crippen LogP contribution is -2.31. The van der Waals surface area contributed by atoms with Crippen LogP contribution in [0, 0.1) is 12.3 Å². The molecule has 0 aliphatic heterocycles. The molecule has 1 aromatic carbocycles. The third kappa shape index (κ3) is 3.00. The maximum atomic E-state index is 11.9. The van der Waals surface area contributed by atoms with Crippen LogP contribution in [-0.2, 0) is 0 Å². The van der Waals surface area contributed by atoms with Crippen molar-refractivity contribution in [2.75, 3.05) is 13.1 Å². The average molecular weight is 222 g/mol. The number of hydrogen-bond donors (Lipinski definition) is 0. The summed E-state index contributed by atoms with van der Waals surface area (Å²) in [7, 11) is 0. The van der Waals surface area contributed by atoms with Crippen LogP contribution in [0.2, 0.25) is 5.02 Å². The van der Waals surface area contributed by atoms with Crippen molar-refractivity contribution in [3.05, 3.63) is 34.9 Å². The molecule has 0 N–H and O–H groups in total. The fraction of sp³-hybridized carbons (Fsp3) is 0.250. The van der Waals surface area contributed by atoms with Gasteiger partial charge >= 0.3 is 0 Å². The standard InChI is InChI=1S/C12H12ClNO/c1-3-9-14(4-2)12(15)10-5-7-11(13)8-6-10/h1,5-8H,4,9H2,2H3. The summed E-state index contributed by atoms with van der Waals surface area (Å²) in [5.41, 5.74) is 0.608. The van der Waals surface area contributed by atoms with Gasteiger partial charge in [0.05, 0.1) is 6.54 Å². The van der Waals surface area contributed by atoms with E-state index in [1.807, 2.05) is 6.92 Å². The first kappa shape index (κ1) is 11.6. The van der Waals surface area contributed by atoms with Gasteiger partial charge in [-0.15, -0.1) is 6.42 Å². The fourth-order valence-corrected chi connectivity index (χ4v) is 1.34. The van der Waals surface area contributed by atoms with E-state index >= 15 is 0 Å². The van der Waals surface area contributed by atoms with Crippen LogP contribution in [0.15, 0.2) is 24.3 Å². The highest BCUT2D eigenvalue weighted by Gasteiger charge is 2.12. The minimum atomic E-state index is -0.0629. The molecule has 0 aliphatic carbocycles. The first-order valence-electron chi connectivity index (χ1n) is 4.67. The van der Waals surface area contributed by atoms with Crippen LogP contribution >= 0.6 is 11.6 Å². The Balaban J connectivity index is 2.84. The Hall–Kier alpha value is -1.46. The molecule has 0 unspecified atom stereocenters. The Morgan fingerprint density at radius 1 is 1.47 bits per heavy atom. The average Bonchev–Trinajstić information content (AvgIpc) is 2.26. The monoisotopic (exact) mass is 221 g/mol. The summed E-state index contributed by atoms with van der Waals surface area (Å²) in [4.78, 5) is 13.5. The number of nitrogens with zero attached hydrogens (tertiary/aromatic N) is 1. The fourth-order valence-electron chi connectivity index (χ4n) is 1.21. The summed E-state index contributed by atoms with van der Waals surface area (Å²) in [6.45, 7) is 2.83. The van der Waals surface area contributed by atoms with Crippen LogP contribution in [0.1, 0.15) is 17.3 Å². The van der Waals surface area contributed by atoms with Crippen molar-refractivity contribution in [1.82, 2.24) is 4.90 Å². The Morgan fingerprint density at radius 3 is 2.53 bits per heavy atom. The van der Waals surface area contributed by atoms with Crippen LogP contribution in [0.5, 0.6) is 0 Å². The van der Waals surface area contributed by atoms with Crippen molar-refractivity contribution in [1.29, 1.82) is 0 Å². The van der Waals surface area contributed by atoms with Gasteiger partial charge in [0.15, 0.2) is 0 Å². The van der Waals surface area contributed by atoms with E-state index in [1.54, 1.807) is 29.2 Å². The highest BCUT2D eigenvalue weighted by Crippen LogP contribution is 2.11. The van der Waals surface area contributed by atoms with Gasteiger partial charge in [-0.3, -0.25) is 4.79 Å². The van der Waals surface area contributed by atoms with E-state index < -0.39 is 0 Å². The van der Waals surface area contributed by atoms with Gasteiger partial charge in [0.1, 0.15) is 0 Å². The number of halogens is 1. The van der Waals surface area contributed by atoms with Crippen molar-refractivity contribution in [2.24, 2.45) is 0 Å². The first-order chi connectivity index (χ1) is 7.19. The highest BCUT2D eigenvalue weighted by atomic mass is 35.5. The summed E-state index contributed by atoms with van der Waals surface area (Å²) in [5.74, 6) is 2.40. The Labute approximate surface area is 94.8 Å². The molecule has 1 amide bonds. The third-order valence-corrected chi connectivity index (χ3v) is 2.29. The zero-order valence-electron chi connectivity index (χ0n) is 8.53. The third-order valence-electron chi connectivity index (χ3n) is 2.04. The SMILES string of the molecule is C#CCN(CC)C(=O)c1ccc(Cl)cc1. The molecule has 0 atom stereocenters. The van der Waals surface area contributed by atoms with E-state index in [9.17, 15) is 4.79 Å². The lowest BCUT2D eigenvalue weighted by atomic mass is 10.2. The molecule has 0 spiro atoms. The summed E-state index contributed by atoms with van der Waals surface area (Å²) < 4.78 is 0. The molecule has 0 heterocycles. The molecule has 0 fully saturated rings. The van der Waals surface area contributed by atoms with Crippen LogP contribution in [0.25, 0.3) is 0 Å². The van der Waals surface area contributed by atoms with E-state index in [0.29, 0.717) is 23.7 Å². The lowest BCUT2D eigenvalue weighted by Gasteiger charge is -2.17. The summed E-state index contributed by atoms with van der Waals surface area (Å²) in [6.07, 6.45) is 5.18. The molecular weight excluding hydrogens is 210 g/mol. The van der Waals surface area contributed by atoms with Crippen LogP contribution < -0.4 is 0 Å². The molecule has 1 rings (SSSR count). The van der Waals surface area contributed by atoms with Gasteiger partial charge in [-0.1, -0.05) is 17.5 Å². The molecule has 0 saturated carbocycles. The zero-order valence-corrected chi connectivity index (χ0v) is 9.29. The summed E-state index contributed by atoms with van der Waals surface area (Å²) >= 11 is 5.73. The van der Waals surface area contributed by atoms with Gasteiger partial charge < -0.3 is 4.90 Å². The summed E-state index contributed by atoms with van der Waals surface area (Å²) in [5, 5.41) is 0.617. The molecule has 0 bridgehead atoms. The maximum Gasteiger partial charge on any atom is 0.254 e. The minimum absolute atomic E-state index is 0.0629. The maximum absolute atomic E-state index is 11.9. The predicted octanol–water partition coefficient (Wildman–Crippen LogP) is 2.44. The molecule has 0 saturated heterocycles. The van der Waals surface area contributed by atoms with Crippen molar-refractivity contribution < 1.29 is 4.79 Å². The van der Waals surface area contributed by atoms with Crippen LogP contribution in [-0.4, -0.2) is 23.9 Å². The largest absolute Gasteiger partial charge is 0.328 e. The van der Waals surface area contributed by atoms with Gasteiger partial charge in [-0.25, -0.2) is 0 Å².